The summed E-state index contributed by atoms with van der Waals surface area (Å²) in [4.78, 5) is 25.2. The lowest BCUT2D eigenvalue weighted by Crippen LogP contribution is -2.37. The Morgan fingerprint density at radius 3 is 2.61 bits per heavy atom. The molecular formula is C24H20ClNO6S. The van der Waals surface area contributed by atoms with Gasteiger partial charge in [0.1, 0.15) is 11.2 Å². The van der Waals surface area contributed by atoms with E-state index in [1.165, 1.54) is 0 Å². The minimum Gasteiger partial charge on any atom is -0.464 e. The molecule has 1 aliphatic rings. The molecule has 9 heteroatoms. The number of fused-ring (bicyclic) bond motifs is 2. The summed E-state index contributed by atoms with van der Waals surface area (Å²) in [5.41, 5.74) is 3.03. The summed E-state index contributed by atoms with van der Waals surface area (Å²) in [5, 5.41) is 4.89. The van der Waals surface area contributed by atoms with Gasteiger partial charge in [-0.3, -0.25) is 4.79 Å². The molecule has 0 bridgehead atoms. The third-order valence-electron chi connectivity index (χ3n) is 6.07. The minimum atomic E-state index is -3.11. The molecule has 0 radical (unpaired) electrons. The minimum absolute atomic E-state index is 0.0612. The molecule has 1 unspecified atom stereocenters. The van der Waals surface area contributed by atoms with Crippen molar-refractivity contribution in [1.29, 1.82) is 0 Å². The van der Waals surface area contributed by atoms with Crippen molar-refractivity contribution in [2.75, 3.05) is 11.5 Å². The lowest BCUT2D eigenvalue weighted by atomic mass is 9.99. The first-order chi connectivity index (χ1) is 15.7. The van der Waals surface area contributed by atoms with Crippen LogP contribution in [0.15, 0.2) is 56.3 Å². The highest BCUT2D eigenvalue weighted by molar-refractivity contribution is 7.91. The molecule has 1 saturated heterocycles. The Balaban J connectivity index is 1.51. The summed E-state index contributed by atoms with van der Waals surface area (Å²) in [7, 11) is -3.11. The summed E-state index contributed by atoms with van der Waals surface area (Å²) in [5.74, 6) is -0.417. The van der Waals surface area contributed by atoms with Crippen LogP contribution in [0, 0.1) is 6.92 Å². The Morgan fingerprint density at radius 2 is 1.91 bits per heavy atom. The van der Waals surface area contributed by atoms with Crippen molar-refractivity contribution in [2.24, 2.45) is 0 Å². The number of aryl methyl sites for hydroxylation is 1. The molecule has 0 spiro atoms. The normalized spacial score (nSPS) is 17.6. The fourth-order valence-corrected chi connectivity index (χ4v) is 6.11. The molecule has 170 valence electrons. The molecule has 0 aliphatic carbocycles. The molecule has 7 nitrogen and oxygen atoms in total. The lowest BCUT2D eigenvalue weighted by Gasteiger charge is -2.12. The molecule has 33 heavy (non-hydrogen) atoms. The van der Waals surface area contributed by atoms with Crippen molar-refractivity contribution in [3.05, 3.63) is 69.2 Å². The fraction of sp³-hybridized carbons (Fsp3) is 0.250. The van der Waals surface area contributed by atoms with Crippen LogP contribution >= 0.6 is 11.6 Å². The number of hydrogen-bond donors (Lipinski definition) is 1. The second-order valence-electron chi connectivity index (χ2n) is 8.34. The zero-order chi connectivity index (χ0) is 23.3. The van der Waals surface area contributed by atoms with Gasteiger partial charge in [0.05, 0.1) is 29.8 Å². The van der Waals surface area contributed by atoms with E-state index in [0.717, 1.165) is 16.5 Å². The molecule has 1 atom stereocenters. The van der Waals surface area contributed by atoms with Crippen LogP contribution < -0.4 is 10.9 Å². The molecule has 0 saturated carbocycles. The van der Waals surface area contributed by atoms with Crippen LogP contribution in [0.5, 0.6) is 0 Å². The SMILES string of the molecule is Cc1c(CC(=O)NC2CCS(=O)(=O)C2)c(=O)oc2cc3occ(-c4ccc(Cl)cc4)c3cc12. The number of furan rings is 1. The van der Waals surface area contributed by atoms with Gasteiger partial charge >= 0.3 is 5.63 Å². The maximum absolute atomic E-state index is 12.6. The van der Waals surface area contributed by atoms with Crippen molar-refractivity contribution in [3.8, 4) is 11.1 Å². The molecular weight excluding hydrogens is 466 g/mol. The van der Waals surface area contributed by atoms with E-state index < -0.39 is 27.4 Å². The van der Waals surface area contributed by atoms with Gasteiger partial charge in [0, 0.05) is 33.5 Å². The molecule has 1 aliphatic heterocycles. The summed E-state index contributed by atoms with van der Waals surface area (Å²) in [6.45, 7) is 1.77. The molecule has 1 fully saturated rings. The highest BCUT2D eigenvalue weighted by atomic mass is 35.5. The van der Waals surface area contributed by atoms with Crippen LogP contribution in [-0.2, 0) is 21.1 Å². The first-order valence-electron chi connectivity index (χ1n) is 10.4. The Labute approximate surface area is 194 Å². The Kier molecular flexibility index (Phi) is 5.29. The van der Waals surface area contributed by atoms with Crippen LogP contribution in [0.4, 0.5) is 0 Å². The Bertz CT molecular complexity index is 1570. The van der Waals surface area contributed by atoms with Crippen LogP contribution in [0.2, 0.25) is 5.02 Å². The topological polar surface area (TPSA) is 107 Å². The van der Waals surface area contributed by atoms with E-state index in [-0.39, 0.29) is 23.5 Å². The van der Waals surface area contributed by atoms with Gasteiger partial charge in [-0.25, -0.2) is 13.2 Å². The van der Waals surface area contributed by atoms with Crippen LogP contribution in [-0.4, -0.2) is 31.9 Å². The van der Waals surface area contributed by atoms with Gasteiger partial charge in [-0.15, -0.1) is 0 Å². The van der Waals surface area contributed by atoms with Crippen molar-refractivity contribution in [3.63, 3.8) is 0 Å². The predicted molar refractivity (Wildman–Crippen MR) is 126 cm³/mol. The molecule has 3 heterocycles. The van der Waals surface area contributed by atoms with Crippen molar-refractivity contribution >= 4 is 49.3 Å². The molecule has 2 aromatic carbocycles. The monoisotopic (exact) mass is 485 g/mol. The number of amides is 1. The van der Waals surface area contributed by atoms with Crippen LogP contribution in [0.25, 0.3) is 33.1 Å². The second-order valence-corrected chi connectivity index (χ2v) is 11.0. The Morgan fingerprint density at radius 1 is 1.15 bits per heavy atom. The fourth-order valence-electron chi connectivity index (χ4n) is 4.32. The zero-order valence-electron chi connectivity index (χ0n) is 17.7. The number of carbonyl (C=O) groups is 1. The number of halogens is 1. The highest BCUT2D eigenvalue weighted by Gasteiger charge is 2.29. The first-order valence-corrected chi connectivity index (χ1v) is 12.6. The highest BCUT2D eigenvalue weighted by Crippen LogP contribution is 2.35. The standard InChI is InChI=1S/C24H20ClNO6S/c1-13-17-8-19-20(14-2-4-15(25)5-3-14)11-31-21(19)10-22(17)32-24(28)18(13)9-23(27)26-16-6-7-33(29,30)12-16/h2-5,8,10-11,16H,6-7,9,12H2,1H3,(H,26,27). The smallest absolute Gasteiger partial charge is 0.340 e. The lowest BCUT2D eigenvalue weighted by molar-refractivity contribution is -0.121. The van der Waals surface area contributed by atoms with E-state index in [1.54, 1.807) is 31.4 Å². The third kappa shape index (κ3) is 4.16. The quantitative estimate of drug-likeness (QED) is 0.438. The number of hydrogen-bond acceptors (Lipinski definition) is 6. The molecule has 5 rings (SSSR count). The molecule has 4 aromatic rings. The zero-order valence-corrected chi connectivity index (χ0v) is 19.3. The molecule has 1 amide bonds. The average Bonchev–Trinajstić information content (AvgIpc) is 3.32. The van der Waals surface area contributed by atoms with E-state index in [9.17, 15) is 18.0 Å². The summed E-state index contributed by atoms with van der Waals surface area (Å²) in [6.07, 6.45) is 1.84. The Hall–Kier alpha value is -3.10. The van der Waals surface area contributed by atoms with Gasteiger partial charge in [-0.2, -0.15) is 0 Å². The van der Waals surface area contributed by atoms with E-state index in [4.69, 9.17) is 20.4 Å². The first kappa shape index (κ1) is 21.7. The maximum Gasteiger partial charge on any atom is 0.340 e. The third-order valence-corrected chi connectivity index (χ3v) is 8.09. The van der Waals surface area contributed by atoms with E-state index >= 15 is 0 Å². The largest absolute Gasteiger partial charge is 0.464 e. The summed E-state index contributed by atoms with van der Waals surface area (Å²) >= 11 is 6.00. The van der Waals surface area contributed by atoms with Crippen LogP contribution in [0.3, 0.4) is 0 Å². The van der Waals surface area contributed by atoms with Gasteiger partial charge in [-0.1, -0.05) is 23.7 Å². The second kappa shape index (κ2) is 8.04. The number of carbonyl (C=O) groups excluding carboxylic acids is 1. The van der Waals surface area contributed by atoms with Gasteiger partial charge in [0.2, 0.25) is 5.91 Å². The van der Waals surface area contributed by atoms with Gasteiger partial charge < -0.3 is 14.2 Å². The van der Waals surface area contributed by atoms with Gasteiger partial charge in [-0.05, 0) is 42.7 Å². The van der Waals surface area contributed by atoms with Crippen molar-refractivity contribution in [1.82, 2.24) is 5.32 Å². The summed E-state index contributed by atoms with van der Waals surface area (Å²) < 4.78 is 34.5. The van der Waals surface area contributed by atoms with Crippen molar-refractivity contribution in [2.45, 2.75) is 25.8 Å². The van der Waals surface area contributed by atoms with E-state index in [2.05, 4.69) is 5.32 Å². The molecule has 1 N–H and O–H groups in total. The van der Waals surface area contributed by atoms with Gasteiger partial charge in [0.15, 0.2) is 9.84 Å². The maximum atomic E-state index is 12.6. The number of nitrogens with one attached hydrogen (secondary N) is 1. The van der Waals surface area contributed by atoms with Crippen molar-refractivity contribution < 1.29 is 22.0 Å². The predicted octanol–water partition coefficient (Wildman–Crippen LogP) is 4.01. The van der Waals surface area contributed by atoms with Gasteiger partial charge in [0.25, 0.3) is 0 Å². The van der Waals surface area contributed by atoms with E-state index in [1.807, 2.05) is 18.2 Å². The van der Waals surface area contributed by atoms with E-state index in [0.29, 0.717) is 33.6 Å². The molecule has 2 aromatic heterocycles. The number of benzene rings is 2. The summed E-state index contributed by atoms with van der Waals surface area (Å²) in [6, 6.07) is 10.5. The number of rotatable bonds is 4. The van der Waals surface area contributed by atoms with Crippen LogP contribution in [0.1, 0.15) is 17.5 Å². The average molecular weight is 486 g/mol. The number of sulfone groups is 1.